The number of aromatic nitrogens is 2. The number of aryl methyl sites for hydroxylation is 1. The maximum atomic E-state index is 13.1. The summed E-state index contributed by atoms with van der Waals surface area (Å²) < 4.78 is 40.8. The first-order valence-electron chi connectivity index (χ1n) is 6.37. The first-order chi connectivity index (χ1) is 10.3. The molecule has 114 valence electrons. The van der Waals surface area contributed by atoms with Crippen LogP contribution in [-0.4, -0.2) is 20.6 Å². The molecule has 1 aromatic carbocycles. The maximum absolute atomic E-state index is 13.1. The molecule has 0 fully saturated rings. The summed E-state index contributed by atoms with van der Waals surface area (Å²) in [5.74, 6) is -1.12. The number of benzene rings is 1. The van der Waals surface area contributed by atoms with Crippen molar-refractivity contribution >= 4 is 16.9 Å². The van der Waals surface area contributed by atoms with Crippen LogP contribution in [0.5, 0.6) is 0 Å². The molecule has 0 amide bonds. The van der Waals surface area contributed by atoms with E-state index in [9.17, 15) is 18.0 Å². The molecule has 0 atom stereocenters. The number of H-pyrrole nitrogens is 1. The molecule has 22 heavy (non-hydrogen) atoms. The van der Waals surface area contributed by atoms with E-state index in [1.807, 2.05) is 0 Å². The molecule has 0 aliphatic rings. The van der Waals surface area contributed by atoms with Crippen LogP contribution in [0.2, 0.25) is 0 Å². The van der Waals surface area contributed by atoms with Crippen molar-refractivity contribution < 1.29 is 23.1 Å². The fraction of sp³-hybridized carbons (Fsp3) is 0.133. The van der Waals surface area contributed by atoms with Crippen LogP contribution < -0.4 is 0 Å². The third kappa shape index (κ3) is 2.14. The zero-order valence-corrected chi connectivity index (χ0v) is 11.4. The molecule has 0 bridgehead atoms. The van der Waals surface area contributed by atoms with E-state index < -0.39 is 17.7 Å². The predicted octanol–water partition coefficient (Wildman–Crippen LogP) is 3.89. The second-order valence-corrected chi connectivity index (χ2v) is 4.94. The van der Waals surface area contributed by atoms with Crippen molar-refractivity contribution in [3.8, 4) is 11.3 Å². The summed E-state index contributed by atoms with van der Waals surface area (Å²) in [6.07, 6.45) is -2.90. The van der Waals surface area contributed by atoms with E-state index in [-0.39, 0.29) is 11.2 Å². The summed E-state index contributed by atoms with van der Waals surface area (Å²) >= 11 is 0. The molecule has 2 aromatic heterocycles. The Balaban J connectivity index is 2.26. The molecule has 3 rings (SSSR count). The van der Waals surface area contributed by atoms with Gasteiger partial charge in [0.05, 0.1) is 11.1 Å². The number of nitrogens with one attached hydrogen (secondary N) is 1. The lowest BCUT2D eigenvalue weighted by atomic mass is 10.1. The Morgan fingerprint density at radius 1 is 1.23 bits per heavy atom. The first kappa shape index (κ1) is 14.2. The molecular weight excluding hydrogens is 297 g/mol. The predicted molar refractivity (Wildman–Crippen MR) is 74.7 cm³/mol. The van der Waals surface area contributed by atoms with Gasteiger partial charge >= 0.3 is 12.1 Å². The van der Waals surface area contributed by atoms with Crippen LogP contribution in [0.15, 0.2) is 36.5 Å². The van der Waals surface area contributed by atoms with Crippen LogP contribution in [0.4, 0.5) is 13.2 Å². The Labute approximate surface area is 122 Å². The largest absolute Gasteiger partial charge is 0.477 e. The van der Waals surface area contributed by atoms with Crippen LogP contribution in [0.1, 0.15) is 16.1 Å². The lowest BCUT2D eigenvalue weighted by Crippen LogP contribution is -2.07. The topological polar surface area (TPSA) is 58.0 Å². The van der Waals surface area contributed by atoms with Gasteiger partial charge in [0.2, 0.25) is 0 Å². The van der Waals surface area contributed by atoms with Gasteiger partial charge < -0.3 is 14.7 Å². The lowest BCUT2D eigenvalue weighted by Gasteiger charge is -2.09. The van der Waals surface area contributed by atoms with Crippen LogP contribution in [0, 0.1) is 0 Å². The molecule has 2 N–H and O–H groups in total. The van der Waals surface area contributed by atoms with Gasteiger partial charge in [0, 0.05) is 29.9 Å². The zero-order chi connectivity index (χ0) is 16.1. The van der Waals surface area contributed by atoms with Crippen LogP contribution in [0.25, 0.3) is 22.2 Å². The molecular formula is C15H11F3N2O2. The summed E-state index contributed by atoms with van der Waals surface area (Å²) in [5.41, 5.74) is 0.317. The lowest BCUT2D eigenvalue weighted by molar-refractivity contribution is -0.136. The molecule has 0 spiro atoms. The average molecular weight is 308 g/mol. The number of para-hydroxylation sites is 1. The summed E-state index contributed by atoms with van der Waals surface area (Å²) in [5, 5.41) is 9.34. The Hall–Kier alpha value is -2.70. The number of aromatic amines is 1. The second kappa shape index (κ2) is 4.66. The third-order valence-electron chi connectivity index (χ3n) is 3.51. The van der Waals surface area contributed by atoms with Crippen LogP contribution in [-0.2, 0) is 13.2 Å². The Morgan fingerprint density at radius 2 is 1.95 bits per heavy atom. The molecule has 0 radical (unpaired) electrons. The van der Waals surface area contributed by atoms with Gasteiger partial charge in [-0.15, -0.1) is 0 Å². The van der Waals surface area contributed by atoms with Crippen molar-refractivity contribution in [3.05, 3.63) is 47.8 Å². The van der Waals surface area contributed by atoms with E-state index in [1.54, 1.807) is 18.3 Å². The van der Waals surface area contributed by atoms with Crippen molar-refractivity contribution in [2.24, 2.45) is 7.05 Å². The average Bonchev–Trinajstić information content (AvgIpc) is 3.03. The van der Waals surface area contributed by atoms with Gasteiger partial charge in [-0.05, 0) is 18.2 Å². The summed E-state index contributed by atoms with van der Waals surface area (Å²) in [4.78, 5) is 13.6. The van der Waals surface area contributed by atoms with Gasteiger partial charge in [0.25, 0.3) is 0 Å². The number of carboxylic acids is 1. The number of halogens is 3. The van der Waals surface area contributed by atoms with Crippen molar-refractivity contribution in [1.29, 1.82) is 0 Å². The SMILES string of the molecule is Cn1cc(-c2ccc(C(=O)O)[nH]2)c2cccc(C(F)(F)F)c21. The number of rotatable bonds is 2. The van der Waals surface area contributed by atoms with Gasteiger partial charge in [0.15, 0.2) is 0 Å². The van der Waals surface area contributed by atoms with E-state index in [0.29, 0.717) is 16.6 Å². The highest BCUT2D eigenvalue weighted by molar-refractivity contribution is 5.98. The molecule has 3 aromatic rings. The van der Waals surface area contributed by atoms with E-state index in [1.165, 1.54) is 23.7 Å². The standard InChI is InChI=1S/C15H11F3N2O2/c1-20-7-9(11-5-6-12(19-11)14(21)22)8-3-2-4-10(13(8)20)15(16,17)18/h2-7,19H,1H3,(H,21,22). The first-order valence-corrected chi connectivity index (χ1v) is 6.37. The Morgan fingerprint density at radius 3 is 2.55 bits per heavy atom. The van der Waals surface area contributed by atoms with Gasteiger partial charge in [-0.25, -0.2) is 4.79 Å². The van der Waals surface area contributed by atoms with Crippen molar-refractivity contribution in [2.45, 2.75) is 6.18 Å². The van der Waals surface area contributed by atoms with Crippen molar-refractivity contribution in [3.63, 3.8) is 0 Å². The van der Waals surface area contributed by atoms with Crippen molar-refractivity contribution in [1.82, 2.24) is 9.55 Å². The Bertz CT molecular complexity index is 875. The normalized spacial score (nSPS) is 12.0. The summed E-state index contributed by atoms with van der Waals surface area (Å²) in [6, 6.07) is 6.88. The summed E-state index contributed by atoms with van der Waals surface area (Å²) in [7, 11) is 1.53. The highest BCUT2D eigenvalue weighted by Crippen LogP contribution is 2.38. The van der Waals surface area contributed by atoms with Gasteiger partial charge in [0.1, 0.15) is 5.69 Å². The maximum Gasteiger partial charge on any atom is 0.418 e. The number of fused-ring (bicyclic) bond motifs is 1. The van der Waals surface area contributed by atoms with Crippen molar-refractivity contribution in [2.75, 3.05) is 0 Å². The number of hydrogen-bond acceptors (Lipinski definition) is 1. The smallest absolute Gasteiger partial charge is 0.418 e. The number of alkyl halides is 3. The fourth-order valence-corrected chi connectivity index (χ4v) is 2.59. The molecule has 0 saturated heterocycles. The number of aromatic carboxylic acids is 1. The quantitative estimate of drug-likeness (QED) is 0.754. The fourth-order valence-electron chi connectivity index (χ4n) is 2.59. The molecule has 2 heterocycles. The van der Waals surface area contributed by atoms with E-state index in [0.717, 1.165) is 6.07 Å². The number of hydrogen-bond donors (Lipinski definition) is 2. The van der Waals surface area contributed by atoms with E-state index >= 15 is 0 Å². The Kier molecular flexibility index (Phi) is 3.01. The minimum Gasteiger partial charge on any atom is -0.477 e. The highest BCUT2D eigenvalue weighted by atomic mass is 19.4. The minimum atomic E-state index is -4.45. The minimum absolute atomic E-state index is 0.0148. The zero-order valence-electron chi connectivity index (χ0n) is 11.4. The summed E-state index contributed by atoms with van der Waals surface area (Å²) in [6.45, 7) is 0. The molecule has 0 unspecified atom stereocenters. The molecule has 0 saturated carbocycles. The van der Waals surface area contributed by atoms with Crippen LogP contribution >= 0.6 is 0 Å². The second-order valence-electron chi connectivity index (χ2n) is 4.94. The number of carboxylic acid groups (broad SMARTS) is 1. The van der Waals surface area contributed by atoms with E-state index in [4.69, 9.17) is 5.11 Å². The van der Waals surface area contributed by atoms with Gasteiger partial charge in [-0.1, -0.05) is 12.1 Å². The van der Waals surface area contributed by atoms with E-state index in [2.05, 4.69) is 4.98 Å². The van der Waals surface area contributed by atoms with Crippen LogP contribution in [0.3, 0.4) is 0 Å². The molecule has 7 heteroatoms. The van der Waals surface area contributed by atoms with Gasteiger partial charge in [-0.3, -0.25) is 0 Å². The third-order valence-corrected chi connectivity index (χ3v) is 3.51. The highest BCUT2D eigenvalue weighted by Gasteiger charge is 2.34. The molecule has 4 nitrogen and oxygen atoms in total. The van der Waals surface area contributed by atoms with Gasteiger partial charge in [-0.2, -0.15) is 13.2 Å². The molecule has 0 aliphatic carbocycles. The monoisotopic (exact) mass is 308 g/mol. The number of carbonyl (C=O) groups is 1. The molecule has 0 aliphatic heterocycles. The number of nitrogens with zero attached hydrogens (tertiary/aromatic N) is 1.